The molecule has 0 radical (unpaired) electrons. The zero-order valence-electron chi connectivity index (χ0n) is 14.7. The van der Waals surface area contributed by atoms with Crippen LogP contribution in [0.4, 0.5) is 19.0 Å². The Hall–Kier alpha value is -2.77. The summed E-state index contributed by atoms with van der Waals surface area (Å²) >= 11 is 0. The van der Waals surface area contributed by atoms with Crippen LogP contribution in [0.25, 0.3) is 6.08 Å². The molecule has 0 aromatic carbocycles. The van der Waals surface area contributed by atoms with E-state index >= 15 is 0 Å². The normalized spacial score (nSPS) is 19.3. The summed E-state index contributed by atoms with van der Waals surface area (Å²) in [6.07, 6.45) is 0.491. The molecule has 144 valence electrons. The standard InChI is InChI=1S/C19H20F3N3O2/c1-12-10-15(12)16-5-3-14(27-16)4-7-18(26)24-9-8-23-17-6-2-13(11-25-17)19(20,21)22/h2-7,11-12,15H,8-10H2,1H3,(H,23,25)(H,24,26)/b7-4+. The number of alkyl halides is 3. The Bertz CT molecular complexity index is 812. The van der Waals surface area contributed by atoms with E-state index in [-0.39, 0.29) is 5.91 Å². The molecule has 8 heteroatoms. The maximum atomic E-state index is 12.5. The highest BCUT2D eigenvalue weighted by Crippen LogP contribution is 2.47. The number of pyridine rings is 1. The number of furan rings is 1. The quantitative estimate of drug-likeness (QED) is 0.562. The van der Waals surface area contributed by atoms with Crippen LogP contribution < -0.4 is 10.6 Å². The van der Waals surface area contributed by atoms with Gasteiger partial charge >= 0.3 is 6.18 Å². The van der Waals surface area contributed by atoms with E-state index in [1.807, 2.05) is 12.1 Å². The highest BCUT2D eigenvalue weighted by Gasteiger charge is 2.36. The minimum Gasteiger partial charge on any atom is -0.461 e. The number of amides is 1. The molecular weight excluding hydrogens is 359 g/mol. The summed E-state index contributed by atoms with van der Waals surface area (Å²) in [5.74, 6) is 2.76. The number of halogens is 3. The molecule has 0 saturated heterocycles. The van der Waals surface area contributed by atoms with Gasteiger partial charge in [-0.1, -0.05) is 6.92 Å². The molecule has 2 N–H and O–H groups in total. The van der Waals surface area contributed by atoms with Gasteiger partial charge in [-0.2, -0.15) is 13.2 Å². The predicted octanol–water partition coefficient (Wildman–Crippen LogP) is 4.06. The van der Waals surface area contributed by atoms with Crippen LogP contribution in [0.15, 0.2) is 41.0 Å². The maximum absolute atomic E-state index is 12.5. The molecule has 2 aromatic heterocycles. The lowest BCUT2D eigenvalue weighted by Gasteiger charge is -2.08. The Labute approximate surface area is 154 Å². The topological polar surface area (TPSA) is 67.2 Å². The van der Waals surface area contributed by atoms with Crippen molar-refractivity contribution >= 4 is 17.8 Å². The Morgan fingerprint density at radius 3 is 2.70 bits per heavy atom. The van der Waals surface area contributed by atoms with E-state index in [4.69, 9.17) is 4.42 Å². The van der Waals surface area contributed by atoms with E-state index in [0.29, 0.717) is 36.5 Å². The number of nitrogens with zero attached hydrogens (tertiary/aromatic N) is 1. The number of aromatic nitrogens is 1. The molecule has 2 heterocycles. The first-order chi connectivity index (χ1) is 12.8. The highest BCUT2D eigenvalue weighted by molar-refractivity contribution is 5.91. The first-order valence-electron chi connectivity index (χ1n) is 8.65. The number of nitrogens with one attached hydrogen (secondary N) is 2. The van der Waals surface area contributed by atoms with Crippen molar-refractivity contribution in [3.05, 3.63) is 53.6 Å². The Morgan fingerprint density at radius 2 is 2.07 bits per heavy atom. The fourth-order valence-corrected chi connectivity index (χ4v) is 2.63. The monoisotopic (exact) mass is 379 g/mol. The molecule has 0 spiro atoms. The van der Waals surface area contributed by atoms with Gasteiger partial charge in [0.1, 0.15) is 17.3 Å². The molecule has 1 amide bonds. The number of anilines is 1. The van der Waals surface area contributed by atoms with Crippen LogP contribution in [-0.4, -0.2) is 24.0 Å². The molecule has 0 bridgehead atoms. The van der Waals surface area contributed by atoms with Crippen LogP contribution >= 0.6 is 0 Å². The minimum atomic E-state index is -4.41. The van der Waals surface area contributed by atoms with E-state index < -0.39 is 11.7 Å². The van der Waals surface area contributed by atoms with E-state index in [1.165, 1.54) is 12.1 Å². The number of carbonyl (C=O) groups is 1. The highest BCUT2D eigenvalue weighted by atomic mass is 19.4. The number of hydrogen-bond acceptors (Lipinski definition) is 4. The molecule has 1 fully saturated rings. The van der Waals surface area contributed by atoms with Crippen molar-refractivity contribution in [1.82, 2.24) is 10.3 Å². The second-order valence-corrected chi connectivity index (χ2v) is 6.54. The largest absolute Gasteiger partial charge is 0.461 e. The van der Waals surface area contributed by atoms with E-state index in [9.17, 15) is 18.0 Å². The smallest absolute Gasteiger partial charge is 0.417 e. The Kier molecular flexibility index (Phi) is 5.53. The van der Waals surface area contributed by atoms with Crippen molar-refractivity contribution in [1.29, 1.82) is 0 Å². The molecule has 2 atom stereocenters. The summed E-state index contributed by atoms with van der Waals surface area (Å²) in [5, 5.41) is 5.51. The van der Waals surface area contributed by atoms with Gasteiger partial charge in [0.2, 0.25) is 5.91 Å². The summed E-state index contributed by atoms with van der Waals surface area (Å²) in [6.45, 7) is 2.81. The fourth-order valence-electron chi connectivity index (χ4n) is 2.63. The van der Waals surface area contributed by atoms with Crippen LogP contribution in [-0.2, 0) is 11.0 Å². The van der Waals surface area contributed by atoms with Crippen LogP contribution in [0.1, 0.15) is 36.3 Å². The first kappa shape index (κ1) is 19.0. The van der Waals surface area contributed by atoms with E-state index in [2.05, 4.69) is 22.5 Å². The maximum Gasteiger partial charge on any atom is 0.417 e. The molecule has 5 nitrogen and oxygen atoms in total. The zero-order valence-corrected chi connectivity index (χ0v) is 14.7. The molecule has 2 unspecified atom stereocenters. The Morgan fingerprint density at radius 1 is 1.30 bits per heavy atom. The summed E-state index contributed by atoms with van der Waals surface area (Å²) < 4.78 is 43.0. The zero-order chi connectivity index (χ0) is 19.4. The van der Waals surface area contributed by atoms with Crippen LogP contribution in [0.2, 0.25) is 0 Å². The second kappa shape index (κ2) is 7.85. The van der Waals surface area contributed by atoms with Gasteiger partial charge in [-0.3, -0.25) is 4.79 Å². The van der Waals surface area contributed by atoms with Crippen molar-refractivity contribution in [2.45, 2.75) is 25.4 Å². The van der Waals surface area contributed by atoms with Gasteiger partial charge < -0.3 is 15.1 Å². The van der Waals surface area contributed by atoms with Crippen molar-refractivity contribution in [2.75, 3.05) is 18.4 Å². The van der Waals surface area contributed by atoms with Gasteiger partial charge in [0.25, 0.3) is 0 Å². The third-order valence-electron chi connectivity index (χ3n) is 4.34. The van der Waals surface area contributed by atoms with Gasteiger partial charge in [-0.25, -0.2) is 4.98 Å². The Balaban J connectivity index is 1.37. The van der Waals surface area contributed by atoms with Crippen molar-refractivity contribution in [3.63, 3.8) is 0 Å². The lowest BCUT2D eigenvalue weighted by molar-refractivity contribution is -0.137. The van der Waals surface area contributed by atoms with Gasteiger partial charge in [-0.05, 0) is 42.7 Å². The van der Waals surface area contributed by atoms with Gasteiger partial charge in [0.05, 0.1) is 5.56 Å². The molecular formula is C19H20F3N3O2. The predicted molar refractivity (Wildman–Crippen MR) is 95.0 cm³/mol. The second-order valence-electron chi connectivity index (χ2n) is 6.54. The number of rotatable bonds is 7. The summed E-state index contributed by atoms with van der Waals surface area (Å²) in [4.78, 5) is 15.5. The molecule has 2 aromatic rings. The third-order valence-corrected chi connectivity index (χ3v) is 4.34. The average molecular weight is 379 g/mol. The molecule has 1 saturated carbocycles. The molecule has 1 aliphatic carbocycles. The minimum absolute atomic E-state index is 0.282. The van der Waals surface area contributed by atoms with Gasteiger partial charge in [-0.15, -0.1) is 0 Å². The summed E-state index contributed by atoms with van der Waals surface area (Å²) in [7, 11) is 0. The summed E-state index contributed by atoms with van der Waals surface area (Å²) in [6, 6.07) is 5.98. The van der Waals surface area contributed by atoms with Crippen molar-refractivity contribution in [2.24, 2.45) is 5.92 Å². The van der Waals surface area contributed by atoms with E-state index in [1.54, 1.807) is 6.08 Å². The lowest BCUT2D eigenvalue weighted by atomic mass is 10.3. The van der Waals surface area contributed by atoms with Crippen molar-refractivity contribution in [3.8, 4) is 0 Å². The average Bonchev–Trinajstić information content (AvgIpc) is 3.17. The summed E-state index contributed by atoms with van der Waals surface area (Å²) in [5.41, 5.74) is -0.802. The van der Waals surface area contributed by atoms with Crippen LogP contribution in [0, 0.1) is 5.92 Å². The first-order valence-corrected chi connectivity index (χ1v) is 8.65. The number of hydrogen-bond donors (Lipinski definition) is 2. The third kappa shape index (κ3) is 5.35. The van der Waals surface area contributed by atoms with Gasteiger partial charge in [0, 0.05) is 31.3 Å². The van der Waals surface area contributed by atoms with Crippen LogP contribution in [0.3, 0.4) is 0 Å². The SMILES string of the molecule is CC1CC1c1ccc(/C=C/C(=O)NCCNc2ccc(C(F)(F)F)cn2)o1. The molecule has 0 aliphatic heterocycles. The molecule has 3 rings (SSSR count). The van der Waals surface area contributed by atoms with E-state index in [0.717, 1.165) is 24.4 Å². The fraction of sp³-hybridized carbons (Fsp3) is 0.368. The molecule has 1 aliphatic rings. The van der Waals surface area contributed by atoms with Gasteiger partial charge in [0.15, 0.2) is 0 Å². The van der Waals surface area contributed by atoms with Crippen LogP contribution in [0.5, 0.6) is 0 Å². The molecule has 27 heavy (non-hydrogen) atoms. The number of carbonyl (C=O) groups excluding carboxylic acids is 1. The lowest BCUT2D eigenvalue weighted by Crippen LogP contribution is -2.27. The van der Waals surface area contributed by atoms with Crippen molar-refractivity contribution < 1.29 is 22.4 Å².